The van der Waals surface area contributed by atoms with E-state index in [1.165, 1.54) is 7.11 Å². The molecule has 3 unspecified atom stereocenters. The number of aromatic amines is 1. The minimum absolute atomic E-state index is 0.110. The van der Waals surface area contributed by atoms with Crippen molar-refractivity contribution < 1.29 is 23.8 Å². The predicted molar refractivity (Wildman–Crippen MR) is 176 cm³/mol. The Labute approximate surface area is 272 Å². The number of H-pyrrole nitrogens is 1. The van der Waals surface area contributed by atoms with Gasteiger partial charge in [-0.1, -0.05) is 60.7 Å². The summed E-state index contributed by atoms with van der Waals surface area (Å²) in [5.41, 5.74) is 2.45. The lowest BCUT2D eigenvalue weighted by atomic mass is 9.84. The number of aryl methyl sites for hydroxylation is 1. The number of nitrogens with zero attached hydrogens (tertiary/aromatic N) is 1. The van der Waals surface area contributed by atoms with Crippen molar-refractivity contribution in [2.24, 2.45) is 0 Å². The van der Waals surface area contributed by atoms with Gasteiger partial charge in [-0.3, -0.25) is 9.59 Å². The van der Waals surface area contributed by atoms with Crippen molar-refractivity contribution in [2.75, 3.05) is 32.1 Å². The molecule has 4 aromatic rings. The van der Waals surface area contributed by atoms with Crippen molar-refractivity contribution >= 4 is 17.7 Å². The molecule has 1 saturated heterocycles. The van der Waals surface area contributed by atoms with Crippen molar-refractivity contribution in [2.45, 2.75) is 37.0 Å². The monoisotopic (exact) mass is 635 g/mol. The van der Waals surface area contributed by atoms with Crippen LogP contribution in [0.1, 0.15) is 34.6 Å². The first-order chi connectivity index (χ1) is 22.9. The number of methoxy groups -OCH3 is 1. The molecule has 0 radical (unpaired) electrons. The third kappa shape index (κ3) is 8.85. The molecule has 11 nitrogen and oxygen atoms in total. The summed E-state index contributed by atoms with van der Waals surface area (Å²) < 4.78 is 17.0. The molecule has 1 fully saturated rings. The van der Waals surface area contributed by atoms with Crippen molar-refractivity contribution in [3.63, 3.8) is 0 Å². The Kier molecular flexibility index (Phi) is 11.4. The summed E-state index contributed by atoms with van der Waals surface area (Å²) in [6.45, 7) is 1.58. The highest BCUT2D eigenvalue weighted by Crippen LogP contribution is 2.29. The van der Waals surface area contributed by atoms with E-state index in [1.54, 1.807) is 36.5 Å². The molecule has 0 bridgehead atoms. The summed E-state index contributed by atoms with van der Waals surface area (Å²) in [6, 6.07) is 28.4. The zero-order valence-electron chi connectivity index (χ0n) is 26.0. The Bertz CT molecular complexity index is 1680. The molecule has 2 heterocycles. The first-order valence-electron chi connectivity index (χ1n) is 15.4. The molecule has 242 valence electrons. The predicted octanol–water partition coefficient (Wildman–Crippen LogP) is 4.11. The lowest BCUT2D eigenvalue weighted by molar-refractivity contribution is -0.118. The molecule has 1 aromatic heterocycles. The Hall–Kier alpha value is -5.44. The molecule has 0 aliphatic carbocycles. The number of carbonyl (C=O) groups is 2. The molecule has 0 spiro atoms. The fourth-order valence-corrected chi connectivity index (χ4v) is 5.62. The number of amides is 2. The number of nitrogens with one attached hydrogen (secondary N) is 4. The standard InChI is InChI=1S/C36H37N5O6/c1-45-36(44)41-33(31(25-8-4-2-5-9-25)26-10-6-3-7-11-26)35(43)40-32-27(18-19-39-34(32)42)14-17-29-21-38-22-30(47-29)23-46-28-15-12-24(20-37)13-16-28/h2-13,15-16,18-19,29-31,33,38H,14,17,21-23H2,1H3,(H,39,42)(H,40,43)(H,41,44). The van der Waals surface area contributed by atoms with Gasteiger partial charge >= 0.3 is 6.09 Å². The van der Waals surface area contributed by atoms with Gasteiger partial charge in [-0.2, -0.15) is 5.26 Å². The largest absolute Gasteiger partial charge is 0.491 e. The van der Waals surface area contributed by atoms with E-state index in [1.807, 2.05) is 60.7 Å². The number of anilines is 1. The average molecular weight is 636 g/mol. The van der Waals surface area contributed by atoms with Gasteiger partial charge in [0.15, 0.2) is 0 Å². The van der Waals surface area contributed by atoms with E-state index in [-0.39, 0.29) is 17.9 Å². The van der Waals surface area contributed by atoms with Crippen LogP contribution in [0.15, 0.2) is 102 Å². The number of hydrogen-bond donors (Lipinski definition) is 4. The lowest BCUT2D eigenvalue weighted by Crippen LogP contribution is -2.48. The second-order valence-corrected chi connectivity index (χ2v) is 11.1. The maximum absolute atomic E-state index is 14.0. The Balaban J connectivity index is 1.29. The molecule has 47 heavy (non-hydrogen) atoms. The van der Waals surface area contributed by atoms with Crippen molar-refractivity contribution in [1.82, 2.24) is 15.6 Å². The fraction of sp³-hybridized carbons (Fsp3) is 0.278. The number of rotatable bonds is 12. The summed E-state index contributed by atoms with van der Waals surface area (Å²) in [6.07, 6.45) is 1.45. The van der Waals surface area contributed by atoms with Crippen LogP contribution < -0.4 is 26.2 Å². The van der Waals surface area contributed by atoms with E-state index in [2.05, 4.69) is 27.0 Å². The Morgan fingerprint density at radius 2 is 1.62 bits per heavy atom. The topological polar surface area (TPSA) is 155 Å². The summed E-state index contributed by atoms with van der Waals surface area (Å²) in [4.78, 5) is 42.3. The van der Waals surface area contributed by atoms with E-state index in [0.29, 0.717) is 49.4 Å². The van der Waals surface area contributed by atoms with Gasteiger partial charge < -0.3 is 35.1 Å². The van der Waals surface area contributed by atoms with Crippen LogP contribution in [0, 0.1) is 11.3 Å². The molecular formula is C36H37N5O6. The fourth-order valence-electron chi connectivity index (χ4n) is 5.62. The van der Waals surface area contributed by atoms with Crippen LogP contribution in [0.2, 0.25) is 0 Å². The number of morpholine rings is 1. The normalized spacial score (nSPS) is 16.4. The van der Waals surface area contributed by atoms with Crippen LogP contribution in [0.5, 0.6) is 5.75 Å². The number of nitriles is 1. The number of carbonyl (C=O) groups excluding carboxylic acids is 2. The van der Waals surface area contributed by atoms with Crippen LogP contribution in [-0.2, 0) is 20.7 Å². The first kappa shape index (κ1) is 32.9. The first-order valence-corrected chi connectivity index (χ1v) is 15.4. The molecule has 3 aromatic carbocycles. The molecule has 0 saturated carbocycles. The maximum Gasteiger partial charge on any atom is 0.407 e. The number of benzene rings is 3. The summed E-state index contributed by atoms with van der Waals surface area (Å²) >= 11 is 0. The summed E-state index contributed by atoms with van der Waals surface area (Å²) in [5, 5.41) is 17.9. The van der Waals surface area contributed by atoms with Crippen molar-refractivity contribution in [1.29, 1.82) is 5.26 Å². The van der Waals surface area contributed by atoms with E-state index in [9.17, 15) is 14.4 Å². The quantitative estimate of drug-likeness (QED) is 0.181. The highest BCUT2D eigenvalue weighted by molar-refractivity contribution is 5.98. The maximum atomic E-state index is 14.0. The molecule has 1 aliphatic rings. The van der Waals surface area contributed by atoms with Gasteiger partial charge in [-0.05, 0) is 59.9 Å². The second-order valence-electron chi connectivity index (χ2n) is 11.1. The van der Waals surface area contributed by atoms with Crippen LogP contribution in [0.25, 0.3) is 0 Å². The van der Waals surface area contributed by atoms with E-state index >= 15 is 0 Å². The highest BCUT2D eigenvalue weighted by Gasteiger charge is 2.34. The van der Waals surface area contributed by atoms with Gasteiger partial charge in [0, 0.05) is 25.2 Å². The van der Waals surface area contributed by atoms with Gasteiger partial charge in [0.05, 0.1) is 24.8 Å². The number of pyridine rings is 1. The zero-order valence-corrected chi connectivity index (χ0v) is 26.0. The van der Waals surface area contributed by atoms with Crippen LogP contribution >= 0.6 is 0 Å². The highest BCUT2D eigenvalue weighted by atomic mass is 16.5. The zero-order chi connectivity index (χ0) is 33.0. The van der Waals surface area contributed by atoms with E-state index in [0.717, 1.165) is 11.1 Å². The molecule has 4 N–H and O–H groups in total. The van der Waals surface area contributed by atoms with Gasteiger partial charge in [0.25, 0.3) is 5.56 Å². The third-order valence-electron chi connectivity index (χ3n) is 7.97. The second kappa shape index (κ2) is 16.2. The van der Waals surface area contributed by atoms with Gasteiger partial charge in [-0.25, -0.2) is 4.79 Å². The SMILES string of the molecule is COC(=O)NC(C(=O)Nc1c(CCC2CNCC(COc3ccc(C#N)cc3)O2)cc[nH]c1=O)C(c1ccccc1)c1ccccc1. The molecule has 11 heteroatoms. The average Bonchev–Trinajstić information content (AvgIpc) is 3.12. The molecule has 3 atom stereocenters. The van der Waals surface area contributed by atoms with E-state index < -0.39 is 29.5 Å². The smallest absolute Gasteiger partial charge is 0.407 e. The number of ether oxygens (including phenoxy) is 3. The molecule has 1 aliphatic heterocycles. The van der Waals surface area contributed by atoms with Crippen molar-refractivity contribution in [3.8, 4) is 11.8 Å². The van der Waals surface area contributed by atoms with E-state index in [4.69, 9.17) is 19.5 Å². The number of hydrogen-bond acceptors (Lipinski definition) is 8. The number of aromatic nitrogens is 1. The summed E-state index contributed by atoms with van der Waals surface area (Å²) in [7, 11) is 1.23. The van der Waals surface area contributed by atoms with Gasteiger partial charge in [0.1, 0.15) is 30.2 Å². The van der Waals surface area contributed by atoms with Gasteiger partial charge in [-0.15, -0.1) is 0 Å². The minimum Gasteiger partial charge on any atom is -0.491 e. The third-order valence-corrected chi connectivity index (χ3v) is 7.97. The van der Waals surface area contributed by atoms with Crippen molar-refractivity contribution in [3.05, 3.63) is 130 Å². The molecule has 2 amide bonds. The minimum atomic E-state index is -1.11. The Morgan fingerprint density at radius 1 is 0.957 bits per heavy atom. The van der Waals surface area contributed by atoms with Crippen LogP contribution in [0.4, 0.5) is 10.5 Å². The molecular weight excluding hydrogens is 598 g/mol. The lowest BCUT2D eigenvalue weighted by Gasteiger charge is -2.31. The summed E-state index contributed by atoms with van der Waals surface area (Å²) in [5.74, 6) is -0.491. The molecule has 5 rings (SSSR count). The Morgan fingerprint density at radius 3 is 2.26 bits per heavy atom. The van der Waals surface area contributed by atoms with Gasteiger partial charge in [0.2, 0.25) is 5.91 Å². The van der Waals surface area contributed by atoms with Crippen LogP contribution in [0.3, 0.4) is 0 Å². The van der Waals surface area contributed by atoms with Crippen LogP contribution in [-0.4, -0.2) is 62.0 Å². The number of alkyl carbamates (subject to hydrolysis) is 1.